The van der Waals surface area contributed by atoms with E-state index in [-0.39, 0.29) is 30.1 Å². The number of alkyl halides is 4. The SMILES string of the molecule is COC1N=C(C(=O)NS(C)(=O)=O)C=CC1NCC#Cc1cc2c(N[C@@H]3CCN(C)C[C@@H]3F)cccn2c1CC(F)(F)F. The highest BCUT2D eigenvalue weighted by Crippen LogP contribution is 2.30. The van der Waals surface area contributed by atoms with Crippen LogP contribution in [0.15, 0.2) is 41.5 Å². The van der Waals surface area contributed by atoms with Gasteiger partial charge in [0.1, 0.15) is 11.9 Å². The molecule has 1 saturated heterocycles. The van der Waals surface area contributed by atoms with Crippen molar-refractivity contribution in [3.05, 3.63) is 47.8 Å². The summed E-state index contributed by atoms with van der Waals surface area (Å²) in [4.78, 5) is 18.1. The summed E-state index contributed by atoms with van der Waals surface area (Å²) >= 11 is 0. The van der Waals surface area contributed by atoms with Crippen LogP contribution in [0, 0.1) is 11.8 Å². The molecule has 4 heterocycles. The molecule has 0 aromatic carbocycles. The number of sulfonamides is 1. The second kappa shape index (κ2) is 12.8. The summed E-state index contributed by atoms with van der Waals surface area (Å²) in [6, 6.07) is 3.88. The Morgan fingerprint density at radius 2 is 2.07 bits per heavy atom. The average molecular weight is 613 g/mol. The molecule has 2 aliphatic rings. The molecule has 3 N–H and O–H groups in total. The Morgan fingerprint density at radius 1 is 1.31 bits per heavy atom. The molecule has 0 aliphatic carbocycles. The van der Waals surface area contributed by atoms with Gasteiger partial charge in [-0.1, -0.05) is 17.9 Å². The van der Waals surface area contributed by atoms with Gasteiger partial charge in [-0.15, -0.1) is 0 Å². The number of rotatable bonds is 8. The molecule has 0 radical (unpaired) electrons. The van der Waals surface area contributed by atoms with E-state index in [0.717, 1.165) is 6.26 Å². The van der Waals surface area contributed by atoms with Gasteiger partial charge in [-0.05, 0) is 37.7 Å². The molecule has 0 saturated carbocycles. The zero-order chi connectivity index (χ0) is 30.7. The third-order valence-electron chi connectivity index (χ3n) is 6.81. The van der Waals surface area contributed by atoms with E-state index < -0.39 is 53.0 Å². The highest BCUT2D eigenvalue weighted by atomic mass is 32.2. The largest absolute Gasteiger partial charge is 0.394 e. The number of carbonyl (C=O) groups excluding carboxylic acids is 1. The number of fused-ring (bicyclic) bond motifs is 1. The molecular formula is C27H32F4N6O4S. The third-order valence-corrected chi connectivity index (χ3v) is 7.36. The van der Waals surface area contributed by atoms with E-state index in [1.165, 1.54) is 23.8 Å². The summed E-state index contributed by atoms with van der Waals surface area (Å²) in [5.41, 5.74) is 0.991. The number of carbonyl (C=O) groups is 1. The lowest BCUT2D eigenvalue weighted by Gasteiger charge is -2.33. The molecule has 1 fully saturated rings. The number of nitrogens with one attached hydrogen (secondary N) is 3. The summed E-state index contributed by atoms with van der Waals surface area (Å²) in [6.45, 7) is 1.01. The van der Waals surface area contributed by atoms with E-state index in [0.29, 0.717) is 24.2 Å². The molecule has 0 spiro atoms. The Kier molecular flexibility index (Phi) is 9.61. The van der Waals surface area contributed by atoms with Crippen molar-refractivity contribution in [1.29, 1.82) is 0 Å². The molecule has 15 heteroatoms. The van der Waals surface area contributed by atoms with Crippen LogP contribution in [-0.2, 0) is 26.0 Å². The van der Waals surface area contributed by atoms with Crippen molar-refractivity contribution < 1.29 is 35.5 Å². The van der Waals surface area contributed by atoms with Gasteiger partial charge >= 0.3 is 6.18 Å². The Morgan fingerprint density at radius 3 is 2.74 bits per heavy atom. The number of likely N-dealkylation sites (tertiary alicyclic amines) is 1. The average Bonchev–Trinajstić information content (AvgIpc) is 3.23. The highest BCUT2D eigenvalue weighted by Gasteiger charge is 2.32. The third kappa shape index (κ3) is 8.09. The van der Waals surface area contributed by atoms with Gasteiger partial charge in [0.15, 0.2) is 6.23 Å². The van der Waals surface area contributed by atoms with Gasteiger partial charge in [-0.2, -0.15) is 13.2 Å². The maximum atomic E-state index is 14.7. The van der Waals surface area contributed by atoms with Crippen molar-refractivity contribution in [1.82, 2.24) is 19.3 Å². The lowest BCUT2D eigenvalue weighted by atomic mass is 10.0. The van der Waals surface area contributed by atoms with Gasteiger partial charge in [0.05, 0.1) is 42.5 Å². The first kappa shape index (κ1) is 31.5. The number of piperidine rings is 1. The number of aromatic nitrogens is 1. The summed E-state index contributed by atoms with van der Waals surface area (Å²) in [5, 5.41) is 6.23. The van der Waals surface area contributed by atoms with Crippen LogP contribution in [0.3, 0.4) is 0 Å². The van der Waals surface area contributed by atoms with Gasteiger partial charge in [0.2, 0.25) is 10.0 Å². The number of amides is 1. The van der Waals surface area contributed by atoms with Gasteiger partial charge in [-0.3, -0.25) is 10.1 Å². The van der Waals surface area contributed by atoms with Gasteiger partial charge < -0.3 is 19.4 Å². The summed E-state index contributed by atoms with van der Waals surface area (Å²) < 4.78 is 86.5. The molecule has 4 atom stereocenters. The standard InChI is InChI=1S/C27H32F4N6O4S/c1-36-13-10-19(18(28)16-36)33-20-7-5-12-37-23(20)14-17(24(37)15-27(29,30)31)6-4-11-32-22-9-8-21(34-26(22)41-2)25(38)35-42(3,39)40/h5,7-9,12,14,18-19,22,26,32-33H,10-11,13,15-16H2,1-3H3,(H,35,38)/t18-,19+,22?,26?/m0/s1. The molecule has 10 nitrogen and oxygen atoms in total. The first-order chi connectivity index (χ1) is 19.7. The molecule has 4 rings (SSSR count). The van der Waals surface area contributed by atoms with Crippen LogP contribution in [-0.4, -0.2) is 100 Å². The summed E-state index contributed by atoms with van der Waals surface area (Å²) in [6.07, 6.45) is -1.87. The van der Waals surface area contributed by atoms with Crippen LogP contribution in [0.1, 0.15) is 17.7 Å². The molecule has 2 aromatic heterocycles. The number of ether oxygens (including phenoxy) is 1. The van der Waals surface area contributed by atoms with E-state index in [4.69, 9.17) is 4.74 Å². The number of aliphatic imine (C=N–C) groups is 1. The lowest BCUT2D eigenvalue weighted by Crippen LogP contribution is -2.46. The number of hydrogen-bond acceptors (Lipinski definition) is 8. The zero-order valence-corrected chi connectivity index (χ0v) is 24.0. The predicted molar refractivity (Wildman–Crippen MR) is 151 cm³/mol. The van der Waals surface area contributed by atoms with Gasteiger partial charge in [-0.25, -0.2) is 22.5 Å². The fourth-order valence-corrected chi connectivity index (χ4v) is 5.30. The number of dihydropyridines is 1. The Hall–Kier alpha value is -3.45. The zero-order valence-electron chi connectivity index (χ0n) is 23.2. The number of nitrogens with zero attached hydrogens (tertiary/aromatic N) is 3. The second-order valence-corrected chi connectivity index (χ2v) is 12.0. The lowest BCUT2D eigenvalue weighted by molar-refractivity contribution is -0.128. The highest BCUT2D eigenvalue weighted by molar-refractivity contribution is 7.89. The topological polar surface area (TPSA) is 117 Å². The summed E-state index contributed by atoms with van der Waals surface area (Å²) in [7, 11) is -0.580. The minimum atomic E-state index is -4.48. The van der Waals surface area contributed by atoms with E-state index in [9.17, 15) is 30.8 Å². The Labute approximate surface area is 241 Å². The van der Waals surface area contributed by atoms with Crippen LogP contribution < -0.4 is 15.4 Å². The van der Waals surface area contributed by atoms with Gasteiger partial charge in [0.25, 0.3) is 5.91 Å². The Balaban J connectivity index is 1.52. The maximum absolute atomic E-state index is 14.7. The summed E-state index contributed by atoms with van der Waals surface area (Å²) in [5.74, 6) is 4.75. The Bertz CT molecular complexity index is 1540. The number of hydrogen-bond donors (Lipinski definition) is 3. The van der Waals surface area contributed by atoms with Crippen molar-refractivity contribution in [2.45, 2.75) is 43.5 Å². The molecule has 42 heavy (non-hydrogen) atoms. The van der Waals surface area contributed by atoms with E-state index in [1.54, 1.807) is 24.3 Å². The molecule has 2 unspecified atom stereocenters. The van der Waals surface area contributed by atoms with Crippen LogP contribution >= 0.6 is 0 Å². The number of halogens is 4. The predicted octanol–water partition coefficient (Wildman–Crippen LogP) is 1.87. The van der Waals surface area contributed by atoms with Crippen LogP contribution in [0.2, 0.25) is 0 Å². The first-order valence-corrected chi connectivity index (χ1v) is 15.0. The van der Waals surface area contributed by atoms with Crippen molar-refractivity contribution in [3.8, 4) is 11.8 Å². The van der Waals surface area contributed by atoms with Crippen LogP contribution in [0.4, 0.5) is 23.2 Å². The van der Waals surface area contributed by atoms with E-state index in [2.05, 4.69) is 27.5 Å². The number of methoxy groups -OCH3 is 1. The molecular weight excluding hydrogens is 580 g/mol. The fourth-order valence-electron chi connectivity index (χ4n) is 4.85. The molecule has 2 aromatic rings. The van der Waals surface area contributed by atoms with Crippen molar-refractivity contribution in [3.63, 3.8) is 0 Å². The fraction of sp³-hybridized carbons (Fsp3) is 0.481. The molecule has 1 amide bonds. The minimum absolute atomic E-state index is 0.0349. The van der Waals surface area contributed by atoms with Crippen molar-refractivity contribution in [2.75, 3.05) is 45.4 Å². The van der Waals surface area contributed by atoms with E-state index >= 15 is 0 Å². The monoisotopic (exact) mass is 612 g/mol. The minimum Gasteiger partial charge on any atom is -0.378 e. The van der Waals surface area contributed by atoms with E-state index in [1.807, 2.05) is 16.7 Å². The normalized spacial score (nSPS) is 23.3. The maximum Gasteiger partial charge on any atom is 0.394 e. The van der Waals surface area contributed by atoms with Crippen LogP contribution in [0.25, 0.3) is 5.52 Å². The molecule has 0 bridgehead atoms. The second-order valence-electron chi connectivity index (χ2n) is 10.2. The smallest absolute Gasteiger partial charge is 0.378 e. The molecule has 2 aliphatic heterocycles. The van der Waals surface area contributed by atoms with Crippen molar-refractivity contribution >= 4 is 32.8 Å². The van der Waals surface area contributed by atoms with Gasteiger partial charge in [0, 0.05) is 37.7 Å². The molecule has 228 valence electrons. The first-order valence-electron chi connectivity index (χ1n) is 13.1. The quantitative estimate of drug-likeness (QED) is 0.308. The number of pyridine rings is 1. The van der Waals surface area contributed by atoms with Crippen molar-refractivity contribution in [2.24, 2.45) is 4.99 Å². The number of anilines is 1. The van der Waals surface area contributed by atoms with Crippen LogP contribution in [0.5, 0.6) is 0 Å².